The van der Waals surface area contributed by atoms with Gasteiger partial charge in [-0.1, -0.05) is 18.2 Å². The van der Waals surface area contributed by atoms with Crippen LogP contribution < -0.4 is 5.73 Å². The molecule has 0 aliphatic rings. The van der Waals surface area contributed by atoms with Crippen LogP contribution in [0.15, 0.2) is 41.9 Å². The SMILES string of the molecule is Nc1ccc(/C=C/C(=O)Cc2nccs2)cc1. The largest absolute Gasteiger partial charge is 0.399 e. The van der Waals surface area contributed by atoms with Crippen molar-refractivity contribution in [2.24, 2.45) is 0 Å². The lowest BCUT2D eigenvalue weighted by atomic mass is 10.1. The first-order valence-corrected chi connectivity index (χ1v) is 6.07. The van der Waals surface area contributed by atoms with Gasteiger partial charge in [0, 0.05) is 17.3 Å². The van der Waals surface area contributed by atoms with Crippen LogP contribution in [0.4, 0.5) is 5.69 Å². The van der Waals surface area contributed by atoms with Gasteiger partial charge in [0.25, 0.3) is 0 Å². The summed E-state index contributed by atoms with van der Waals surface area (Å²) in [6, 6.07) is 7.38. The third-order valence-corrected chi connectivity index (χ3v) is 2.99. The van der Waals surface area contributed by atoms with Crippen LogP contribution in [0.2, 0.25) is 0 Å². The fourth-order valence-electron chi connectivity index (χ4n) is 1.34. The molecule has 0 aliphatic carbocycles. The minimum Gasteiger partial charge on any atom is -0.399 e. The van der Waals surface area contributed by atoms with Crippen molar-refractivity contribution in [3.8, 4) is 0 Å². The lowest BCUT2D eigenvalue weighted by Crippen LogP contribution is -1.97. The van der Waals surface area contributed by atoms with Crippen LogP contribution in [-0.2, 0) is 11.2 Å². The summed E-state index contributed by atoms with van der Waals surface area (Å²) in [5, 5.41) is 2.71. The molecule has 0 amide bonds. The lowest BCUT2D eigenvalue weighted by molar-refractivity contribution is -0.113. The second kappa shape index (κ2) is 5.41. The van der Waals surface area contributed by atoms with Crippen molar-refractivity contribution < 1.29 is 4.79 Å². The molecule has 1 aromatic carbocycles. The van der Waals surface area contributed by atoms with Crippen LogP contribution in [0.25, 0.3) is 6.08 Å². The van der Waals surface area contributed by atoms with Crippen molar-refractivity contribution in [1.29, 1.82) is 0 Å². The third kappa shape index (κ3) is 3.53. The number of carbonyl (C=O) groups is 1. The fraction of sp³-hybridized carbons (Fsp3) is 0.0769. The summed E-state index contributed by atoms with van der Waals surface area (Å²) >= 11 is 1.49. The van der Waals surface area contributed by atoms with E-state index in [1.165, 1.54) is 11.3 Å². The molecule has 2 N–H and O–H groups in total. The first kappa shape index (κ1) is 11.5. The Morgan fingerprint density at radius 3 is 2.76 bits per heavy atom. The number of aromatic nitrogens is 1. The molecular weight excluding hydrogens is 232 g/mol. The third-order valence-electron chi connectivity index (χ3n) is 2.21. The van der Waals surface area contributed by atoms with Crippen molar-refractivity contribution in [2.75, 3.05) is 5.73 Å². The highest BCUT2D eigenvalue weighted by Gasteiger charge is 2.01. The van der Waals surface area contributed by atoms with Crippen molar-refractivity contribution >= 4 is 28.9 Å². The molecule has 0 unspecified atom stereocenters. The molecule has 17 heavy (non-hydrogen) atoms. The highest BCUT2D eigenvalue weighted by molar-refractivity contribution is 7.09. The van der Waals surface area contributed by atoms with E-state index in [1.54, 1.807) is 18.3 Å². The molecule has 0 bridgehead atoms. The zero-order chi connectivity index (χ0) is 12.1. The number of ketones is 1. The molecule has 0 saturated heterocycles. The minimum atomic E-state index is 0.0526. The number of allylic oxidation sites excluding steroid dienone is 1. The van der Waals surface area contributed by atoms with Gasteiger partial charge in [-0.3, -0.25) is 4.79 Å². The Kier molecular flexibility index (Phi) is 3.67. The molecule has 0 aliphatic heterocycles. The number of carbonyl (C=O) groups excluding carboxylic acids is 1. The summed E-state index contributed by atoms with van der Waals surface area (Å²) < 4.78 is 0. The average Bonchev–Trinajstić information content (AvgIpc) is 2.81. The number of rotatable bonds is 4. The molecule has 1 aromatic heterocycles. The minimum absolute atomic E-state index is 0.0526. The van der Waals surface area contributed by atoms with E-state index in [4.69, 9.17) is 5.73 Å². The van der Waals surface area contributed by atoms with Gasteiger partial charge in [0.1, 0.15) is 5.01 Å². The molecule has 1 heterocycles. The predicted octanol–water partition coefficient (Wildman–Crippen LogP) is 2.55. The quantitative estimate of drug-likeness (QED) is 0.664. The molecule has 2 rings (SSSR count). The van der Waals surface area contributed by atoms with Crippen molar-refractivity contribution in [2.45, 2.75) is 6.42 Å². The summed E-state index contributed by atoms with van der Waals surface area (Å²) in [5.74, 6) is 0.0526. The Morgan fingerprint density at radius 1 is 1.35 bits per heavy atom. The topological polar surface area (TPSA) is 56.0 Å². The summed E-state index contributed by atoms with van der Waals surface area (Å²) in [6.07, 6.45) is 5.43. The normalized spacial score (nSPS) is 10.8. The molecule has 0 atom stereocenters. The second-order valence-corrected chi connectivity index (χ2v) is 4.55. The number of nitrogens with zero attached hydrogens (tertiary/aromatic N) is 1. The maximum atomic E-state index is 11.6. The Hall–Kier alpha value is -1.94. The summed E-state index contributed by atoms with van der Waals surface area (Å²) in [6.45, 7) is 0. The van der Waals surface area contributed by atoms with E-state index in [0.29, 0.717) is 6.42 Å². The van der Waals surface area contributed by atoms with Gasteiger partial charge in [0.05, 0.1) is 6.42 Å². The summed E-state index contributed by atoms with van der Waals surface area (Å²) in [4.78, 5) is 15.7. The lowest BCUT2D eigenvalue weighted by Gasteiger charge is -1.94. The number of hydrogen-bond acceptors (Lipinski definition) is 4. The molecule has 0 spiro atoms. The van der Waals surface area contributed by atoms with E-state index >= 15 is 0 Å². The van der Waals surface area contributed by atoms with E-state index in [0.717, 1.165) is 16.3 Å². The zero-order valence-electron chi connectivity index (χ0n) is 9.17. The first-order valence-electron chi connectivity index (χ1n) is 5.19. The van der Waals surface area contributed by atoms with E-state index in [-0.39, 0.29) is 5.78 Å². The highest BCUT2D eigenvalue weighted by atomic mass is 32.1. The van der Waals surface area contributed by atoms with Gasteiger partial charge in [-0.05, 0) is 23.8 Å². The van der Waals surface area contributed by atoms with Crippen LogP contribution in [0.3, 0.4) is 0 Å². The molecule has 4 heteroatoms. The van der Waals surface area contributed by atoms with Gasteiger partial charge in [0.15, 0.2) is 5.78 Å². The van der Waals surface area contributed by atoms with E-state index < -0.39 is 0 Å². The van der Waals surface area contributed by atoms with Crippen LogP contribution >= 0.6 is 11.3 Å². The van der Waals surface area contributed by atoms with Gasteiger partial charge in [-0.15, -0.1) is 11.3 Å². The van der Waals surface area contributed by atoms with Crippen LogP contribution in [-0.4, -0.2) is 10.8 Å². The van der Waals surface area contributed by atoms with Crippen LogP contribution in [0, 0.1) is 0 Å². The maximum Gasteiger partial charge on any atom is 0.162 e. The number of thiazole rings is 1. The number of hydrogen-bond donors (Lipinski definition) is 1. The smallest absolute Gasteiger partial charge is 0.162 e. The molecule has 0 radical (unpaired) electrons. The molecule has 86 valence electrons. The van der Waals surface area contributed by atoms with Crippen LogP contribution in [0.1, 0.15) is 10.6 Å². The molecule has 3 nitrogen and oxygen atoms in total. The Balaban J connectivity index is 1.96. The van der Waals surface area contributed by atoms with Gasteiger partial charge >= 0.3 is 0 Å². The van der Waals surface area contributed by atoms with Gasteiger partial charge in [-0.25, -0.2) is 4.98 Å². The molecular formula is C13H12N2OS. The van der Waals surface area contributed by atoms with Gasteiger partial charge in [-0.2, -0.15) is 0 Å². The van der Waals surface area contributed by atoms with E-state index in [9.17, 15) is 4.79 Å². The monoisotopic (exact) mass is 244 g/mol. The van der Waals surface area contributed by atoms with Crippen molar-refractivity contribution in [1.82, 2.24) is 4.98 Å². The van der Waals surface area contributed by atoms with Gasteiger partial charge < -0.3 is 5.73 Å². The number of nitrogens with two attached hydrogens (primary N) is 1. The highest BCUT2D eigenvalue weighted by Crippen LogP contribution is 2.09. The van der Waals surface area contributed by atoms with Crippen LogP contribution in [0.5, 0.6) is 0 Å². The summed E-state index contributed by atoms with van der Waals surface area (Å²) in [5.41, 5.74) is 7.26. The van der Waals surface area contributed by atoms with Crippen molar-refractivity contribution in [3.05, 3.63) is 52.5 Å². The molecule has 2 aromatic rings. The second-order valence-electron chi connectivity index (χ2n) is 3.57. The number of anilines is 1. The predicted molar refractivity (Wildman–Crippen MR) is 70.7 cm³/mol. The van der Waals surface area contributed by atoms with Crippen molar-refractivity contribution in [3.63, 3.8) is 0 Å². The Bertz CT molecular complexity index is 515. The number of benzene rings is 1. The Labute approximate surface area is 104 Å². The average molecular weight is 244 g/mol. The zero-order valence-corrected chi connectivity index (χ0v) is 9.98. The fourth-order valence-corrected chi connectivity index (χ4v) is 1.97. The maximum absolute atomic E-state index is 11.6. The number of nitrogen functional groups attached to an aromatic ring is 1. The van der Waals surface area contributed by atoms with Gasteiger partial charge in [0.2, 0.25) is 0 Å². The Morgan fingerprint density at radius 2 is 2.12 bits per heavy atom. The standard InChI is InChI=1S/C13H12N2OS/c14-11-4-1-10(2-5-11)3-6-12(16)9-13-15-7-8-17-13/h1-8H,9,14H2/b6-3+. The first-order chi connectivity index (χ1) is 8.24. The van der Waals surface area contributed by atoms with E-state index in [1.807, 2.05) is 29.6 Å². The summed E-state index contributed by atoms with van der Waals surface area (Å²) in [7, 11) is 0. The van der Waals surface area contributed by atoms with E-state index in [2.05, 4.69) is 4.98 Å². The molecule has 0 saturated carbocycles. The molecule has 0 fully saturated rings.